The van der Waals surface area contributed by atoms with Gasteiger partial charge in [-0.1, -0.05) is 30.0 Å². The van der Waals surface area contributed by atoms with E-state index in [0.29, 0.717) is 29.8 Å². The minimum atomic E-state index is -2.98. The minimum Gasteiger partial charge on any atom is -0.435 e. The van der Waals surface area contributed by atoms with Gasteiger partial charge in [-0.25, -0.2) is 9.38 Å². The van der Waals surface area contributed by atoms with Gasteiger partial charge in [0.1, 0.15) is 11.6 Å². The van der Waals surface area contributed by atoms with E-state index in [2.05, 4.69) is 21.6 Å². The number of aliphatic imine (C=N–C) groups is 1. The first-order valence-corrected chi connectivity index (χ1v) is 9.86. The molecule has 1 unspecified atom stereocenters. The van der Waals surface area contributed by atoms with E-state index in [0.717, 1.165) is 0 Å². The number of nitrogens with two attached hydrogens (primary N) is 1. The smallest absolute Gasteiger partial charge is 0.387 e. The van der Waals surface area contributed by atoms with Crippen molar-refractivity contribution >= 4 is 23.5 Å². The molecule has 0 fully saturated rings. The number of carbonyl (C=O) groups is 1. The zero-order chi connectivity index (χ0) is 22.6. The van der Waals surface area contributed by atoms with Gasteiger partial charge in [0.25, 0.3) is 5.91 Å². The van der Waals surface area contributed by atoms with Gasteiger partial charge in [-0.15, -0.1) is 11.6 Å². The molecule has 1 aliphatic heterocycles. The lowest BCUT2D eigenvalue weighted by Crippen LogP contribution is -2.41. The predicted octanol–water partition coefficient (Wildman–Crippen LogP) is 3.83. The summed E-state index contributed by atoms with van der Waals surface area (Å²) in [6.07, 6.45) is 1.16. The largest absolute Gasteiger partial charge is 0.435 e. The number of amides is 1. The van der Waals surface area contributed by atoms with E-state index in [4.69, 9.17) is 17.3 Å². The summed E-state index contributed by atoms with van der Waals surface area (Å²) in [6.45, 7) is -2.98. The lowest BCUT2D eigenvalue weighted by molar-refractivity contribution is -0.129. The van der Waals surface area contributed by atoms with Crippen molar-refractivity contribution in [3.8, 4) is 17.6 Å². The molecule has 0 radical (unpaired) electrons. The maximum atomic E-state index is 14.3. The normalized spacial score (nSPS) is 18.1. The number of carbonyl (C=O) groups excluding carboxylic acids is 1. The molecule has 0 bridgehead atoms. The van der Waals surface area contributed by atoms with Gasteiger partial charge in [-0.3, -0.25) is 9.69 Å². The summed E-state index contributed by atoms with van der Waals surface area (Å²) in [6, 6.07) is 9.57. The van der Waals surface area contributed by atoms with E-state index in [1.807, 2.05) is 0 Å². The highest BCUT2D eigenvalue weighted by molar-refractivity contribution is 6.17. The highest BCUT2D eigenvalue weighted by Gasteiger charge is 2.49. The molecule has 9 heteroatoms. The van der Waals surface area contributed by atoms with Gasteiger partial charge in [0.2, 0.25) is 0 Å². The molecule has 31 heavy (non-hydrogen) atoms. The van der Waals surface area contributed by atoms with Gasteiger partial charge in [-0.2, -0.15) is 8.78 Å². The Bertz CT molecular complexity index is 1060. The predicted molar refractivity (Wildman–Crippen MR) is 111 cm³/mol. The summed E-state index contributed by atoms with van der Waals surface area (Å²) >= 11 is 5.63. The molecule has 0 saturated heterocycles. The van der Waals surface area contributed by atoms with Crippen LogP contribution in [0.3, 0.4) is 0 Å². The van der Waals surface area contributed by atoms with Gasteiger partial charge in [0.05, 0.1) is 5.56 Å². The van der Waals surface area contributed by atoms with Crippen LogP contribution >= 0.6 is 11.6 Å². The van der Waals surface area contributed by atoms with Crippen molar-refractivity contribution in [2.24, 2.45) is 10.7 Å². The number of hydrogen-bond acceptors (Lipinski definition) is 4. The number of likely N-dealkylation sites (N-methyl/N-ethyl adjacent to an activating group) is 1. The number of guanidine groups is 1. The number of halogens is 4. The van der Waals surface area contributed by atoms with Gasteiger partial charge < -0.3 is 10.5 Å². The summed E-state index contributed by atoms with van der Waals surface area (Å²) in [4.78, 5) is 18.8. The van der Waals surface area contributed by atoms with Crippen LogP contribution in [-0.2, 0) is 10.3 Å². The van der Waals surface area contributed by atoms with Gasteiger partial charge >= 0.3 is 6.61 Å². The molecule has 2 N–H and O–H groups in total. The van der Waals surface area contributed by atoms with Crippen LogP contribution in [0.2, 0.25) is 0 Å². The lowest BCUT2D eigenvalue weighted by Gasteiger charge is -2.26. The Kier molecular flexibility index (Phi) is 6.76. The van der Waals surface area contributed by atoms with Crippen LogP contribution in [0.15, 0.2) is 47.5 Å². The monoisotopic (exact) mass is 449 g/mol. The van der Waals surface area contributed by atoms with Crippen molar-refractivity contribution in [3.05, 3.63) is 65.0 Å². The topological polar surface area (TPSA) is 67.9 Å². The van der Waals surface area contributed by atoms with Crippen LogP contribution in [0.1, 0.15) is 29.5 Å². The van der Waals surface area contributed by atoms with Gasteiger partial charge in [-0.05, 0) is 41.8 Å². The molecule has 3 rings (SSSR count). The molecule has 162 valence electrons. The molecule has 0 saturated carbocycles. The molecule has 0 spiro atoms. The zero-order valence-electron chi connectivity index (χ0n) is 16.5. The van der Waals surface area contributed by atoms with E-state index in [1.165, 1.54) is 54.4 Å². The number of benzene rings is 2. The van der Waals surface area contributed by atoms with Crippen LogP contribution in [0.5, 0.6) is 5.75 Å². The number of unbranched alkanes of at least 4 members (excludes halogenated alkanes) is 1. The van der Waals surface area contributed by atoms with Crippen LogP contribution < -0.4 is 10.5 Å². The summed E-state index contributed by atoms with van der Waals surface area (Å²) in [5.74, 6) is 4.93. The van der Waals surface area contributed by atoms with Crippen LogP contribution in [0.25, 0.3) is 0 Å². The maximum Gasteiger partial charge on any atom is 0.387 e. The van der Waals surface area contributed by atoms with Crippen LogP contribution in [0.4, 0.5) is 13.2 Å². The van der Waals surface area contributed by atoms with E-state index < -0.39 is 23.9 Å². The van der Waals surface area contributed by atoms with Crippen molar-refractivity contribution < 1.29 is 22.7 Å². The molecule has 2 aromatic rings. The number of rotatable bonds is 6. The summed E-state index contributed by atoms with van der Waals surface area (Å²) in [5, 5.41) is 0. The van der Waals surface area contributed by atoms with E-state index in [9.17, 15) is 18.0 Å². The third-order valence-electron chi connectivity index (χ3n) is 4.78. The first-order chi connectivity index (χ1) is 14.8. The SMILES string of the molecule is CN1C(=O)C(c2ccc(OC(F)F)cc2)(c2ccc(F)c(C#CCCCCl)c2)N=C1N. The summed E-state index contributed by atoms with van der Waals surface area (Å²) < 4.78 is 43.7. The van der Waals surface area contributed by atoms with Crippen molar-refractivity contribution in [1.82, 2.24) is 4.90 Å². The minimum absolute atomic E-state index is 0.0306. The average Bonchev–Trinajstić information content (AvgIpc) is 2.97. The van der Waals surface area contributed by atoms with Crippen molar-refractivity contribution in [1.29, 1.82) is 0 Å². The number of hydrogen-bond donors (Lipinski definition) is 1. The molecular formula is C22H19ClF3N3O2. The quantitative estimate of drug-likeness (QED) is 0.414. The van der Waals surface area contributed by atoms with E-state index in [-0.39, 0.29) is 17.3 Å². The first kappa shape index (κ1) is 22.5. The van der Waals surface area contributed by atoms with Crippen molar-refractivity contribution in [3.63, 3.8) is 0 Å². The molecule has 2 aromatic carbocycles. The molecule has 1 aliphatic rings. The highest BCUT2D eigenvalue weighted by atomic mass is 35.5. The zero-order valence-corrected chi connectivity index (χ0v) is 17.3. The fourth-order valence-corrected chi connectivity index (χ4v) is 3.35. The number of alkyl halides is 3. The van der Waals surface area contributed by atoms with Gasteiger partial charge in [0, 0.05) is 19.3 Å². The number of nitrogens with zero attached hydrogens (tertiary/aromatic N) is 2. The molecule has 1 amide bonds. The van der Waals surface area contributed by atoms with Crippen molar-refractivity contribution in [2.75, 3.05) is 12.9 Å². The summed E-state index contributed by atoms with van der Waals surface area (Å²) in [5.41, 5.74) is 5.10. The Morgan fingerprint density at radius 2 is 1.90 bits per heavy atom. The maximum absolute atomic E-state index is 14.3. The molecule has 1 heterocycles. The first-order valence-electron chi connectivity index (χ1n) is 9.33. The fraction of sp³-hybridized carbons (Fsp3) is 0.273. The second kappa shape index (κ2) is 9.31. The number of ether oxygens (including phenoxy) is 1. The second-order valence-electron chi connectivity index (χ2n) is 6.74. The Hall–Kier alpha value is -3.18. The van der Waals surface area contributed by atoms with Gasteiger partial charge in [0.15, 0.2) is 11.5 Å². The second-order valence-corrected chi connectivity index (χ2v) is 7.11. The molecule has 5 nitrogen and oxygen atoms in total. The third kappa shape index (κ3) is 4.47. The summed E-state index contributed by atoms with van der Waals surface area (Å²) in [7, 11) is 1.47. The van der Waals surface area contributed by atoms with Crippen molar-refractivity contribution in [2.45, 2.75) is 25.0 Å². The molecule has 0 aromatic heterocycles. The van der Waals surface area contributed by atoms with Crippen LogP contribution in [0, 0.1) is 17.7 Å². The van der Waals surface area contributed by atoms with Crippen LogP contribution in [-0.4, -0.2) is 36.3 Å². The fourth-order valence-electron chi connectivity index (χ4n) is 3.22. The average molecular weight is 450 g/mol. The third-order valence-corrected chi connectivity index (χ3v) is 5.05. The lowest BCUT2D eigenvalue weighted by atomic mass is 9.82. The Morgan fingerprint density at radius 1 is 1.23 bits per heavy atom. The Labute approximate surface area is 182 Å². The Balaban J connectivity index is 2.11. The Morgan fingerprint density at radius 3 is 2.48 bits per heavy atom. The molecule has 1 atom stereocenters. The van der Waals surface area contributed by atoms with E-state index >= 15 is 0 Å². The molecular weight excluding hydrogens is 431 g/mol. The van der Waals surface area contributed by atoms with E-state index in [1.54, 1.807) is 0 Å². The molecule has 0 aliphatic carbocycles. The standard InChI is InChI=1S/C22H19ClF3N3O2/c1-29-19(30)22(28-21(29)27,15-6-9-17(10-7-15)31-20(25)26)16-8-11-18(24)14(13-16)5-3-2-4-12-23/h6-11,13,20H,2,4,12H2,1H3,(H2,27,28). The highest BCUT2D eigenvalue weighted by Crippen LogP contribution is 2.40.